The number of carboxylic acids is 1. The quantitative estimate of drug-likeness (QED) is 0.0618. The molecule has 6 heterocycles. The zero-order valence-electron chi connectivity index (χ0n) is 48.8. The largest absolute Gasteiger partial charge is 1.00 e. The van der Waals surface area contributed by atoms with Crippen molar-refractivity contribution in [3.05, 3.63) is 80.6 Å². The number of aliphatic carboxylic acids is 1. The average molecular weight is 1140 g/mol. The summed E-state index contributed by atoms with van der Waals surface area (Å²) in [7, 11) is 2.85. The average Bonchev–Trinajstić information content (AvgIpc) is 2.44. The van der Waals surface area contributed by atoms with Gasteiger partial charge in [0.1, 0.15) is 25.6 Å². The van der Waals surface area contributed by atoms with Crippen LogP contribution in [-0.2, 0) is 33.5 Å². The first-order chi connectivity index (χ1) is 39.1. The monoisotopic (exact) mass is 1140 g/mol. The molecule has 19 nitrogen and oxygen atoms in total. The number of morpholine rings is 2. The van der Waals surface area contributed by atoms with Gasteiger partial charge >= 0.3 is 41.5 Å². The molecule has 4 saturated heterocycles. The molecular formula is C62H85N8NaO11. The van der Waals surface area contributed by atoms with Crippen molar-refractivity contribution >= 4 is 45.4 Å². The third kappa shape index (κ3) is 13.7. The number of oxime groups is 2. The summed E-state index contributed by atoms with van der Waals surface area (Å²) in [5.41, 5.74) is 3.75. The Bertz CT molecular complexity index is 2970. The fourth-order valence-corrected chi connectivity index (χ4v) is 16.4. The third-order valence-electron chi connectivity index (χ3n) is 19.4. The molecule has 8 bridgehead atoms. The molecule has 4 saturated carbocycles. The van der Waals surface area contributed by atoms with Crippen LogP contribution in [0.3, 0.4) is 0 Å². The number of aromatic nitrogens is 4. The molecule has 440 valence electrons. The fourth-order valence-electron chi connectivity index (χ4n) is 16.4. The SMILES string of the molecule is CCOC(=O)CCC(=NOC)c1nc2ccccc2n(C2C[C@H]3COC[C@@H](C2)N3C2CC3CCCCC(C3)C2)c1=O.CON=C(CCC(=O)O)c1nc2ccccc2n(C2C[C@H]3COC[C@@H](C2)N3C2CC3CCCCC(C3)C2)c1=O.[Na+].[OH-]. The summed E-state index contributed by atoms with van der Waals surface area (Å²) in [6.45, 7) is 4.94. The van der Waals surface area contributed by atoms with E-state index in [1.54, 1.807) is 6.92 Å². The standard InChI is InChI=1S/C32H44N4O5.C30H40N4O5.Na.H2O/c1-3-41-30(37)13-12-28(34-39-2)31-32(38)36(29-11-7-6-10-27(29)33-31)24-17-25-19-40-20-26(18-24)35(25)23-15-21-8-4-5-9-22(14-21)16-23;1-38-32-26(10-11-28(35)36)29-30(37)34(27-9-5-4-8-25(27)31-29)22-15-23-17-39-18-24(16-22)33(23)21-13-19-6-2-3-7-20(12-19)14-21;;/h6-7,10-11,21-26H,3-5,8-9,12-20H2,1-2H3;4-5,8-9,19-24H,2-3,6-7,10-18H2,1H3,(H,35,36);;1H2/q;;+1;/p-1/t21?,22?,23?,24?,25-,26+;19?,20?,21?,22?,23-,24+;;. The normalized spacial score (nSPS) is 30.3. The van der Waals surface area contributed by atoms with Crippen LogP contribution in [0, 0.1) is 23.7 Å². The van der Waals surface area contributed by atoms with E-state index in [0.717, 1.165) is 79.1 Å². The first kappa shape index (κ1) is 61.9. The first-order valence-corrected chi connectivity index (χ1v) is 30.4. The van der Waals surface area contributed by atoms with Gasteiger partial charge in [0.15, 0.2) is 11.4 Å². The van der Waals surface area contributed by atoms with E-state index in [9.17, 15) is 24.3 Å². The Morgan fingerprint density at radius 2 is 0.927 bits per heavy atom. The zero-order chi connectivity index (χ0) is 55.3. The van der Waals surface area contributed by atoms with Gasteiger partial charge in [0.2, 0.25) is 0 Å². The maximum Gasteiger partial charge on any atom is 1.00 e. The fraction of sp³-hybridized carbons (Fsp3) is 0.677. The van der Waals surface area contributed by atoms with Crippen molar-refractivity contribution in [3.8, 4) is 0 Å². The summed E-state index contributed by atoms with van der Waals surface area (Å²) in [5, 5.41) is 17.4. The minimum atomic E-state index is -0.956. The second-order valence-corrected chi connectivity index (χ2v) is 24.5. The molecule has 2 aromatic heterocycles. The Labute approximate surface area is 503 Å². The van der Waals surface area contributed by atoms with E-state index >= 15 is 0 Å². The second kappa shape index (κ2) is 28.5. The molecule has 10 atom stereocenters. The van der Waals surface area contributed by atoms with Crippen molar-refractivity contribution in [2.75, 3.05) is 47.3 Å². The molecule has 8 aliphatic rings. The number of nitrogens with zero attached hydrogens (tertiary/aromatic N) is 8. The number of ether oxygens (including phenoxy) is 3. The number of para-hydroxylation sites is 4. The number of hydrogen-bond donors (Lipinski definition) is 1. The molecule has 0 amide bonds. The van der Waals surface area contributed by atoms with Gasteiger partial charge in [-0.3, -0.25) is 29.0 Å². The van der Waals surface area contributed by atoms with Crippen molar-refractivity contribution in [1.29, 1.82) is 0 Å². The van der Waals surface area contributed by atoms with Gasteiger partial charge in [-0.15, -0.1) is 0 Å². The van der Waals surface area contributed by atoms with Crippen molar-refractivity contribution in [1.82, 2.24) is 28.9 Å². The number of carbonyl (C=O) groups is 2. The second-order valence-electron chi connectivity index (χ2n) is 24.5. The summed E-state index contributed by atoms with van der Waals surface area (Å²) in [6, 6.07) is 18.0. The molecule has 2 N–H and O–H groups in total. The Hall–Kier alpha value is -4.60. The van der Waals surface area contributed by atoms with Crippen molar-refractivity contribution < 1.29 is 73.6 Å². The molecule has 0 spiro atoms. The van der Waals surface area contributed by atoms with Crippen LogP contribution in [0.2, 0.25) is 0 Å². The molecular weight excluding hydrogens is 1060 g/mol. The number of rotatable bonds is 15. The van der Waals surface area contributed by atoms with Crippen LogP contribution in [0.15, 0.2) is 68.4 Å². The van der Waals surface area contributed by atoms with E-state index in [1.165, 1.54) is 104 Å². The number of carboxylic acid groups (broad SMARTS) is 1. The summed E-state index contributed by atoms with van der Waals surface area (Å²) < 4.78 is 21.2. The predicted octanol–water partition coefficient (Wildman–Crippen LogP) is 6.06. The van der Waals surface area contributed by atoms with Crippen LogP contribution in [0.25, 0.3) is 22.1 Å². The van der Waals surface area contributed by atoms with Crippen molar-refractivity contribution in [2.45, 2.75) is 197 Å². The summed E-state index contributed by atoms with van der Waals surface area (Å²) in [6.07, 6.45) is 22.8. The number of hydrogen-bond acceptors (Lipinski definition) is 16. The van der Waals surface area contributed by atoms with Crippen LogP contribution in [0.4, 0.5) is 0 Å². The van der Waals surface area contributed by atoms with Crippen LogP contribution in [0.5, 0.6) is 0 Å². The number of benzene rings is 2. The molecule has 4 aliphatic heterocycles. The molecule has 2 aromatic carbocycles. The van der Waals surface area contributed by atoms with Crippen molar-refractivity contribution in [3.63, 3.8) is 0 Å². The molecule has 82 heavy (non-hydrogen) atoms. The molecule has 4 aromatic rings. The third-order valence-corrected chi connectivity index (χ3v) is 19.4. The maximum atomic E-state index is 14.2. The topological polar surface area (TPSA) is 231 Å². The Morgan fingerprint density at radius 3 is 1.29 bits per heavy atom. The number of carbonyl (C=O) groups excluding carboxylic acids is 1. The number of esters is 1. The van der Waals surface area contributed by atoms with E-state index in [-0.39, 0.29) is 119 Å². The van der Waals surface area contributed by atoms with Gasteiger partial charge in [-0.2, -0.15) is 0 Å². The molecule has 8 fully saturated rings. The number of piperidine rings is 2. The molecule has 12 rings (SSSR count). The Balaban J connectivity index is 0.000000193. The van der Waals surface area contributed by atoms with Crippen LogP contribution >= 0.6 is 0 Å². The summed E-state index contributed by atoms with van der Waals surface area (Å²) >= 11 is 0. The summed E-state index contributed by atoms with van der Waals surface area (Å²) in [5.74, 6) is 2.15. The molecule has 6 unspecified atom stereocenters. The Kier molecular flexibility index (Phi) is 21.5. The predicted molar refractivity (Wildman–Crippen MR) is 307 cm³/mol. The van der Waals surface area contributed by atoms with Crippen LogP contribution < -0.4 is 40.7 Å². The van der Waals surface area contributed by atoms with E-state index < -0.39 is 5.97 Å². The minimum absolute atomic E-state index is 0. The molecule has 0 radical (unpaired) electrons. The molecule has 20 heteroatoms. The summed E-state index contributed by atoms with van der Waals surface area (Å²) in [4.78, 5) is 76.9. The Morgan fingerprint density at radius 1 is 0.549 bits per heavy atom. The number of fused-ring (bicyclic) bond motifs is 10. The molecule has 4 aliphatic carbocycles. The van der Waals surface area contributed by atoms with Crippen LogP contribution in [-0.4, -0.2) is 146 Å². The van der Waals surface area contributed by atoms with Crippen molar-refractivity contribution in [2.24, 2.45) is 34.0 Å². The first-order valence-electron chi connectivity index (χ1n) is 30.4. The van der Waals surface area contributed by atoms with Gasteiger partial charge in [-0.05, 0) is 119 Å². The van der Waals surface area contributed by atoms with E-state index in [2.05, 4.69) is 25.1 Å². The smallest absolute Gasteiger partial charge is 0.870 e. The van der Waals surface area contributed by atoms with Gasteiger partial charge in [0, 0.05) is 61.2 Å². The van der Waals surface area contributed by atoms with Gasteiger partial charge in [0.05, 0.1) is 67.9 Å². The van der Waals surface area contributed by atoms with Crippen LogP contribution in [0.1, 0.15) is 172 Å². The van der Waals surface area contributed by atoms with Gasteiger partial charge in [0.25, 0.3) is 11.1 Å². The maximum absolute atomic E-state index is 14.2. The van der Waals surface area contributed by atoms with Gasteiger partial charge in [-0.1, -0.05) is 85.9 Å². The zero-order valence-corrected chi connectivity index (χ0v) is 50.8. The van der Waals surface area contributed by atoms with Gasteiger partial charge < -0.3 is 43.6 Å². The van der Waals surface area contributed by atoms with E-state index in [0.29, 0.717) is 55.2 Å². The van der Waals surface area contributed by atoms with E-state index in [1.807, 2.05) is 57.7 Å². The van der Waals surface area contributed by atoms with Gasteiger partial charge in [-0.25, -0.2) is 9.97 Å². The van der Waals surface area contributed by atoms with E-state index in [4.69, 9.17) is 28.9 Å². The minimum Gasteiger partial charge on any atom is -0.870 e.